The van der Waals surface area contributed by atoms with Gasteiger partial charge in [-0.1, -0.05) is 19.9 Å². The molecular formula is C24H31O4P. The van der Waals surface area contributed by atoms with Gasteiger partial charge in [-0.25, -0.2) is 0 Å². The molecule has 1 fully saturated rings. The van der Waals surface area contributed by atoms with Gasteiger partial charge in [0.05, 0.1) is 18.4 Å². The second kappa shape index (κ2) is 8.42. The first-order valence-electron chi connectivity index (χ1n) is 10.3. The number of fused-ring (bicyclic) bond motifs is 1. The van der Waals surface area contributed by atoms with Gasteiger partial charge >= 0.3 is 0 Å². The predicted molar refractivity (Wildman–Crippen MR) is 117 cm³/mol. The fraction of sp³-hybridized carbons (Fsp3) is 0.500. The predicted octanol–water partition coefficient (Wildman–Crippen LogP) is 6.55. The summed E-state index contributed by atoms with van der Waals surface area (Å²) in [5, 5.41) is 9.99. The number of allylic oxidation sites excluding steroid dienone is 4. The third-order valence-electron chi connectivity index (χ3n) is 5.79. The van der Waals surface area contributed by atoms with Gasteiger partial charge in [-0.3, -0.25) is 4.57 Å². The normalized spacial score (nSPS) is 22.7. The van der Waals surface area contributed by atoms with E-state index in [9.17, 15) is 9.67 Å². The summed E-state index contributed by atoms with van der Waals surface area (Å²) in [5.74, 6) is 3.72. The highest BCUT2D eigenvalue weighted by Crippen LogP contribution is 2.62. The summed E-state index contributed by atoms with van der Waals surface area (Å²) in [5.41, 5.74) is 4.89. The lowest BCUT2D eigenvalue weighted by Crippen LogP contribution is -2.20. The van der Waals surface area contributed by atoms with E-state index in [1.807, 2.05) is 34.6 Å². The van der Waals surface area contributed by atoms with Gasteiger partial charge in [0.2, 0.25) is 7.37 Å². The van der Waals surface area contributed by atoms with Crippen LogP contribution in [-0.4, -0.2) is 11.2 Å². The Morgan fingerprint density at radius 1 is 1.34 bits per heavy atom. The van der Waals surface area contributed by atoms with E-state index in [2.05, 4.69) is 12.0 Å². The van der Waals surface area contributed by atoms with E-state index in [0.717, 1.165) is 40.8 Å². The van der Waals surface area contributed by atoms with Crippen LogP contribution < -0.4 is 4.74 Å². The minimum absolute atomic E-state index is 0.0700. The number of hydrogen-bond acceptors (Lipinski definition) is 4. The van der Waals surface area contributed by atoms with Crippen molar-refractivity contribution < 1.29 is 18.9 Å². The largest absolute Gasteiger partial charge is 0.500 e. The van der Waals surface area contributed by atoms with Gasteiger partial charge in [-0.05, 0) is 80.2 Å². The minimum Gasteiger partial charge on any atom is -0.500 e. The van der Waals surface area contributed by atoms with Crippen molar-refractivity contribution in [3.8, 4) is 18.1 Å². The van der Waals surface area contributed by atoms with Crippen LogP contribution in [0.5, 0.6) is 5.75 Å². The molecule has 5 heteroatoms. The Labute approximate surface area is 174 Å². The molecule has 0 saturated heterocycles. The second-order valence-corrected chi connectivity index (χ2v) is 11.0. The average Bonchev–Trinajstić information content (AvgIpc) is 2.95. The van der Waals surface area contributed by atoms with Crippen LogP contribution in [-0.2, 0) is 21.4 Å². The highest BCUT2D eigenvalue weighted by atomic mass is 31.2. The Bertz CT molecular complexity index is 958. The molecular weight excluding hydrogens is 383 g/mol. The zero-order chi connectivity index (χ0) is 21.3. The Morgan fingerprint density at radius 2 is 2.03 bits per heavy atom. The van der Waals surface area contributed by atoms with Crippen LogP contribution in [0, 0.1) is 32.1 Å². The molecule has 0 radical (unpaired) electrons. The van der Waals surface area contributed by atoms with Crippen molar-refractivity contribution in [1.82, 2.24) is 0 Å². The monoisotopic (exact) mass is 414 g/mol. The molecule has 0 bridgehead atoms. The van der Waals surface area contributed by atoms with Gasteiger partial charge in [0.15, 0.2) is 5.76 Å². The number of terminal acetylenes is 1. The topological polar surface area (TPSA) is 55.8 Å². The van der Waals surface area contributed by atoms with Crippen molar-refractivity contribution >= 4 is 7.37 Å². The molecule has 1 aliphatic heterocycles. The third-order valence-corrected chi connectivity index (χ3v) is 8.09. The van der Waals surface area contributed by atoms with Crippen LogP contribution in [0.25, 0.3) is 0 Å². The van der Waals surface area contributed by atoms with Crippen LogP contribution >= 0.6 is 7.37 Å². The standard InChI is InChI=1S/C24H31O4P/c1-7-23(25)21(15(2)3)12-17(5)27-24-16(4)11-19-13-29(26,14-22(19)18(24)6)28-20-9-8-10-20/h1,11-12,15,20,25H,8-10,13-14H2,2-6H3/b17-12+,23-21-. The van der Waals surface area contributed by atoms with Crippen LogP contribution in [0.15, 0.2) is 29.2 Å². The van der Waals surface area contributed by atoms with Gasteiger partial charge in [0, 0.05) is 5.57 Å². The molecule has 3 rings (SSSR count). The van der Waals surface area contributed by atoms with Crippen LogP contribution in [0.1, 0.15) is 62.3 Å². The molecule has 1 saturated carbocycles. The molecule has 0 aromatic heterocycles. The smallest absolute Gasteiger partial charge is 0.211 e. The number of ether oxygens (including phenoxy) is 1. The third kappa shape index (κ3) is 4.63. The van der Waals surface area contributed by atoms with E-state index < -0.39 is 7.37 Å². The molecule has 0 amide bonds. The lowest BCUT2D eigenvalue weighted by atomic mass is 9.97. The van der Waals surface area contributed by atoms with Crippen molar-refractivity contribution in [2.24, 2.45) is 5.92 Å². The fourth-order valence-corrected chi connectivity index (χ4v) is 6.72. The summed E-state index contributed by atoms with van der Waals surface area (Å²) in [6, 6.07) is 2.08. The molecule has 4 nitrogen and oxygen atoms in total. The Kier molecular flexibility index (Phi) is 6.32. The maximum Gasteiger partial charge on any atom is 0.211 e. The van der Waals surface area contributed by atoms with Gasteiger partial charge in [0.25, 0.3) is 0 Å². The first-order valence-corrected chi connectivity index (χ1v) is 12.3. The summed E-state index contributed by atoms with van der Waals surface area (Å²) in [6.07, 6.45) is 11.5. The van der Waals surface area contributed by atoms with Crippen molar-refractivity contribution in [3.63, 3.8) is 0 Å². The summed E-state index contributed by atoms with van der Waals surface area (Å²) in [6.45, 7) is 9.81. The average molecular weight is 414 g/mol. The second-order valence-electron chi connectivity index (χ2n) is 8.53. The summed E-state index contributed by atoms with van der Waals surface area (Å²) in [7, 11) is -2.66. The van der Waals surface area contributed by atoms with Gasteiger partial charge in [0.1, 0.15) is 11.5 Å². The Balaban J connectivity index is 1.87. The van der Waals surface area contributed by atoms with E-state index >= 15 is 0 Å². The van der Waals surface area contributed by atoms with Crippen molar-refractivity contribution in [2.75, 3.05) is 0 Å². The molecule has 0 spiro atoms. The number of benzene rings is 1. The molecule has 1 aromatic rings. The fourth-order valence-electron chi connectivity index (χ4n) is 3.99. The number of aliphatic hydroxyl groups is 1. The molecule has 1 heterocycles. The van der Waals surface area contributed by atoms with E-state index in [1.165, 1.54) is 6.42 Å². The first kappa shape index (κ1) is 21.8. The van der Waals surface area contributed by atoms with Crippen LogP contribution in [0.4, 0.5) is 0 Å². The summed E-state index contributed by atoms with van der Waals surface area (Å²) in [4.78, 5) is 0. The molecule has 156 valence electrons. The summed E-state index contributed by atoms with van der Waals surface area (Å²) < 4.78 is 25.4. The van der Waals surface area contributed by atoms with Crippen molar-refractivity contribution in [3.05, 3.63) is 51.5 Å². The quantitative estimate of drug-likeness (QED) is 0.248. The molecule has 29 heavy (non-hydrogen) atoms. The highest BCUT2D eigenvalue weighted by molar-refractivity contribution is 7.57. The zero-order valence-electron chi connectivity index (χ0n) is 18.0. The van der Waals surface area contributed by atoms with E-state index in [-0.39, 0.29) is 17.8 Å². The number of rotatable bonds is 6. The van der Waals surface area contributed by atoms with Gasteiger partial charge in [-0.15, -0.1) is 6.42 Å². The van der Waals surface area contributed by atoms with Crippen LogP contribution in [0.3, 0.4) is 0 Å². The summed E-state index contributed by atoms with van der Waals surface area (Å²) >= 11 is 0. The Morgan fingerprint density at radius 3 is 2.59 bits per heavy atom. The lowest BCUT2D eigenvalue weighted by molar-refractivity contribution is 0.123. The van der Waals surface area contributed by atoms with Gasteiger partial charge < -0.3 is 14.4 Å². The van der Waals surface area contributed by atoms with Gasteiger partial charge in [-0.2, -0.15) is 0 Å². The molecule has 1 atom stereocenters. The number of aliphatic hydroxyl groups excluding tert-OH is 1. The van der Waals surface area contributed by atoms with E-state index in [4.69, 9.17) is 15.7 Å². The molecule has 2 aliphatic rings. The first-order chi connectivity index (χ1) is 13.6. The number of aryl methyl sites for hydroxylation is 1. The molecule has 1 unspecified atom stereocenters. The van der Waals surface area contributed by atoms with E-state index in [1.54, 1.807) is 6.08 Å². The zero-order valence-corrected chi connectivity index (χ0v) is 18.9. The highest BCUT2D eigenvalue weighted by Gasteiger charge is 2.38. The number of hydrogen-bond donors (Lipinski definition) is 1. The lowest BCUT2D eigenvalue weighted by Gasteiger charge is -2.28. The van der Waals surface area contributed by atoms with Crippen molar-refractivity contribution in [1.29, 1.82) is 0 Å². The molecule has 1 N–H and O–H groups in total. The maximum absolute atomic E-state index is 13.3. The minimum atomic E-state index is -2.66. The molecule has 1 aliphatic carbocycles. The Hall–Kier alpha value is -1.95. The molecule has 1 aromatic carbocycles. The van der Waals surface area contributed by atoms with E-state index in [0.29, 0.717) is 23.7 Å². The van der Waals surface area contributed by atoms with Crippen LogP contribution in [0.2, 0.25) is 0 Å². The SMILES string of the molecule is C#C/C(O)=C(\C=C(/C)Oc1c(C)cc2c(c1C)CP(=O)(OC1CCC1)C2)C(C)C. The van der Waals surface area contributed by atoms with Crippen molar-refractivity contribution in [2.45, 2.75) is 72.3 Å². The maximum atomic E-state index is 13.3.